The van der Waals surface area contributed by atoms with E-state index in [1.54, 1.807) is 18.2 Å². The third-order valence-electron chi connectivity index (χ3n) is 4.79. The maximum atomic E-state index is 14.0. The number of hydrogen-bond acceptors (Lipinski definition) is 4. The van der Waals surface area contributed by atoms with Gasteiger partial charge in [0.1, 0.15) is 17.1 Å². The molecule has 1 atom stereocenters. The Morgan fingerprint density at radius 1 is 1.12 bits per heavy atom. The van der Waals surface area contributed by atoms with Gasteiger partial charge in [0.2, 0.25) is 5.52 Å². The maximum absolute atomic E-state index is 14.0. The molecule has 1 aliphatic carbocycles. The summed E-state index contributed by atoms with van der Waals surface area (Å²) in [6.45, 7) is 4.06. The van der Waals surface area contributed by atoms with Crippen molar-refractivity contribution in [1.29, 1.82) is 0 Å². The molecule has 0 aliphatic heterocycles. The van der Waals surface area contributed by atoms with Crippen molar-refractivity contribution in [3.05, 3.63) is 23.8 Å². The van der Waals surface area contributed by atoms with Gasteiger partial charge >= 0.3 is 0 Å². The quantitative estimate of drug-likeness (QED) is 0.633. The molecule has 1 aromatic carbocycles. The number of benzene rings is 1. The lowest BCUT2D eigenvalue weighted by Crippen LogP contribution is -2.23. The summed E-state index contributed by atoms with van der Waals surface area (Å²) < 4.78 is 24.7. The van der Waals surface area contributed by atoms with Crippen LogP contribution in [0.25, 0.3) is 0 Å². The van der Waals surface area contributed by atoms with E-state index in [1.165, 1.54) is 20.6 Å². The monoisotopic (exact) mass is 352 g/mol. The van der Waals surface area contributed by atoms with E-state index in [0.717, 1.165) is 25.7 Å². The highest BCUT2D eigenvalue weighted by molar-refractivity contribution is 7.81. The highest BCUT2D eigenvalue weighted by Gasteiger charge is 2.43. The van der Waals surface area contributed by atoms with Crippen LogP contribution in [0.1, 0.15) is 56.3 Å². The van der Waals surface area contributed by atoms with E-state index in [2.05, 4.69) is 0 Å². The number of methoxy groups -OCH3 is 2. The van der Waals surface area contributed by atoms with Gasteiger partial charge < -0.3 is 14.0 Å². The molecule has 5 heteroatoms. The molecule has 0 radical (unpaired) electrons. The lowest BCUT2D eigenvalue weighted by Gasteiger charge is -2.31. The summed E-state index contributed by atoms with van der Waals surface area (Å²) in [7, 11) is 0.0117. The Bertz CT molecular complexity index is 596. The zero-order valence-electron chi connectivity index (χ0n) is 15.2. The van der Waals surface area contributed by atoms with Crippen molar-refractivity contribution in [2.45, 2.75) is 51.6 Å². The molecule has 0 bridgehead atoms. The van der Waals surface area contributed by atoms with E-state index in [9.17, 15) is 9.36 Å². The van der Waals surface area contributed by atoms with Crippen molar-refractivity contribution in [3.8, 4) is 11.5 Å². The Labute approximate surface area is 145 Å². The summed E-state index contributed by atoms with van der Waals surface area (Å²) in [4.78, 5) is 13.4. The predicted octanol–water partition coefficient (Wildman–Crippen LogP) is 5.20. The van der Waals surface area contributed by atoms with Gasteiger partial charge in [0.25, 0.3) is 0 Å². The Morgan fingerprint density at radius 2 is 1.67 bits per heavy atom. The molecule has 134 valence electrons. The van der Waals surface area contributed by atoms with Crippen LogP contribution in [0, 0.1) is 5.92 Å². The smallest absolute Gasteiger partial charge is 0.229 e. The van der Waals surface area contributed by atoms with Crippen LogP contribution in [0.5, 0.6) is 11.5 Å². The molecule has 1 aromatic rings. The average molecular weight is 352 g/mol. The molecule has 0 spiro atoms. The summed E-state index contributed by atoms with van der Waals surface area (Å²) >= 11 is 0. The minimum atomic E-state index is -3.04. The molecule has 2 rings (SSSR count). The molecule has 0 heterocycles. The summed E-state index contributed by atoms with van der Waals surface area (Å²) in [6.07, 6.45) is 5.51. The highest BCUT2D eigenvalue weighted by atomic mass is 31.2. The van der Waals surface area contributed by atoms with Crippen LogP contribution in [-0.2, 0) is 4.57 Å². The molecular formula is C19H29O4P. The number of carbonyl (C=O) groups excluding carboxylic acids is 1. The van der Waals surface area contributed by atoms with Crippen LogP contribution in [0.15, 0.2) is 18.2 Å². The van der Waals surface area contributed by atoms with Crippen molar-refractivity contribution in [1.82, 2.24) is 0 Å². The van der Waals surface area contributed by atoms with Crippen molar-refractivity contribution >= 4 is 12.7 Å². The first-order valence-corrected chi connectivity index (χ1v) is 10.7. The standard InChI is InChI=1S/C19H29O4P/c1-14(2)13-24(21,15-9-6-5-7-10-15)19(20)18-16(22-3)11-8-12-17(18)23-4/h8,11-12,14-15H,5-7,9-10,13H2,1-4H3. The summed E-state index contributed by atoms with van der Waals surface area (Å²) in [5, 5.41) is 0. The summed E-state index contributed by atoms with van der Waals surface area (Å²) in [5.41, 5.74) is 0.0743. The number of carbonyl (C=O) groups is 1. The number of rotatable bonds is 7. The molecule has 4 nitrogen and oxygen atoms in total. The van der Waals surface area contributed by atoms with Crippen molar-refractivity contribution in [2.75, 3.05) is 20.4 Å². The fraction of sp³-hybridized carbons (Fsp3) is 0.632. The lowest BCUT2D eigenvalue weighted by molar-refractivity contribution is 0.106. The normalized spacial score (nSPS) is 18.2. The fourth-order valence-electron chi connectivity index (χ4n) is 3.69. The average Bonchev–Trinajstić information content (AvgIpc) is 2.60. The van der Waals surface area contributed by atoms with Crippen LogP contribution in [0.4, 0.5) is 0 Å². The van der Waals surface area contributed by atoms with E-state index in [-0.39, 0.29) is 17.1 Å². The van der Waals surface area contributed by atoms with Crippen LogP contribution >= 0.6 is 7.14 Å². The molecule has 0 amide bonds. The number of ether oxygens (including phenoxy) is 2. The summed E-state index contributed by atoms with van der Waals surface area (Å²) in [5.74, 6) is 1.10. The third kappa shape index (κ3) is 3.85. The van der Waals surface area contributed by atoms with E-state index in [0.29, 0.717) is 23.2 Å². The second-order valence-corrected chi connectivity index (χ2v) is 10.1. The molecule has 1 fully saturated rings. The first kappa shape index (κ1) is 19.1. The van der Waals surface area contributed by atoms with Crippen molar-refractivity contribution in [2.24, 2.45) is 5.92 Å². The zero-order chi connectivity index (χ0) is 17.7. The van der Waals surface area contributed by atoms with Gasteiger partial charge in [-0.1, -0.05) is 39.2 Å². The zero-order valence-corrected chi connectivity index (χ0v) is 16.1. The van der Waals surface area contributed by atoms with Gasteiger partial charge in [0.05, 0.1) is 14.2 Å². The van der Waals surface area contributed by atoms with Gasteiger partial charge in [0.15, 0.2) is 7.14 Å². The molecule has 0 saturated heterocycles. The Morgan fingerprint density at radius 3 is 2.12 bits per heavy atom. The second kappa shape index (κ2) is 8.20. The van der Waals surface area contributed by atoms with Gasteiger partial charge in [-0.25, -0.2) is 0 Å². The van der Waals surface area contributed by atoms with Crippen molar-refractivity contribution in [3.63, 3.8) is 0 Å². The van der Waals surface area contributed by atoms with Gasteiger partial charge in [-0.3, -0.25) is 4.79 Å². The molecule has 24 heavy (non-hydrogen) atoms. The fourth-order valence-corrected chi connectivity index (χ4v) is 7.37. The van der Waals surface area contributed by atoms with E-state index in [1.807, 2.05) is 13.8 Å². The Hall–Kier alpha value is -1.28. The lowest BCUT2D eigenvalue weighted by atomic mass is 10.0. The largest absolute Gasteiger partial charge is 0.496 e. The minimum absolute atomic E-state index is 0.00392. The molecule has 0 N–H and O–H groups in total. The maximum Gasteiger partial charge on any atom is 0.229 e. The van der Waals surface area contributed by atoms with Crippen LogP contribution in [-0.4, -0.2) is 31.6 Å². The molecule has 1 aliphatic rings. The topological polar surface area (TPSA) is 52.6 Å². The van der Waals surface area contributed by atoms with E-state index in [4.69, 9.17) is 9.47 Å². The second-order valence-electron chi connectivity index (χ2n) is 7.01. The van der Waals surface area contributed by atoms with Crippen molar-refractivity contribution < 1.29 is 18.8 Å². The van der Waals surface area contributed by atoms with Gasteiger partial charge in [-0.2, -0.15) is 0 Å². The first-order chi connectivity index (χ1) is 11.4. The molecule has 0 aromatic heterocycles. The number of hydrogen-bond donors (Lipinski definition) is 0. The summed E-state index contributed by atoms with van der Waals surface area (Å²) in [6, 6.07) is 5.25. The Balaban J connectivity index is 2.50. The highest BCUT2D eigenvalue weighted by Crippen LogP contribution is 2.60. The molecule has 1 unspecified atom stereocenters. The Kier molecular flexibility index (Phi) is 6.51. The van der Waals surface area contributed by atoms with Crippen LogP contribution in [0.3, 0.4) is 0 Å². The van der Waals surface area contributed by atoms with E-state index >= 15 is 0 Å². The van der Waals surface area contributed by atoms with Crippen LogP contribution < -0.4 is 9.47 Å². The van der Waals surface area contributed by atoms with Crippen LogP contribution in [0.2, 0.25) is 0 Å². The minimum Gasteiger partial charge on any atom is -0.496 e. The third-order valence-corrected chi connectivity index (χ3v) is 8.67. The van der Waals surface area contributed by atoms with Gasteiger partial charge in [-0.05, 0) is 30.9 Å². The first-order valence-electron chi connectivity index (χ1n) is 8.78. The van der Waals surface area contributed by atoms with Gasteiger partial charge in [0, 0.05) is 11.8 Å². The molecular weight excluding hydrogens is 323 g/mol. The van der Waals surface area contributed by atoms with Gasteiger partial charge in [-0.15, -0.1) is 0 Å². The predicted molar refractivity (Wildman–Crippen MR) is 98.1 cm³/mol. The molecule has 1 saturated carbocycles. The SMILES string of the molecule is COc1cccc(OC)c1C(=O)P(=O)(CC(C)C)C1CCCCC1. The van der Waals surface area contributed by atoms with E-state index < -0.39 is 7.14 Å².